The molecule has 0 spiro atoms. The van der Waals surface area contributed by atoms with E-state index in [1.54, 1.807) is 0 Å². The molecular weight excluding hydrogens is 306 g/mol. The van der Waals surface area contributed by atoms with Gasteiger partial charge in [0.15, 0.2) is 0 Å². The molecule has 0 saturated carbocycles. The molecule has 2 fully saturated rings. The first-order chi connectivity index (χ1) is 11.6. The first-order valence-corrected chi connectivity index (χ1v) is 8.89. The van der Waals surface area contributed by atoms with E-state index in [1.165, 1.54) is 0 Å². The van der Waals surface area contributed by atoms with Crippen molar-refractivity contribution < 1.29 is 9.53 Å². The van der Waals surface area contributed by atoms with Gasteiger partial charge in [-0.25, -0.2) is 9.97 Å². The molecule has 0 bridgehead atoms. The highest BCUT2D eigenvalue weighted by molar-refractivity contribution is 5.96. The fourth-order valence-electron chi connectivity index (χ4n) is 3.80. The summed E-state index contributed by atoms with van der Waals surface area (Å²) >= 11 is 0. The molecule has 3 aliphatic rings. The molecule has 2 atom stereocenters. The number of morpholine rings is 1. The van der Waals surface area contributed by atoms with Crippen molar-refractivity contribution in [2.24, 2.45) is 5.92 Å². The minimum Gasteiger partial charge on any atom is -0.373 e. The summed E-state index contributed by atoms with van der Waals surface area (Å²) in [5.41, 5.74) is 1.55. The molecule has 4 rings (SSSR count). The number of nitrogens with one attached hydrogen (secondary N) is 2. The highest BCUT2D eigenvalue weighted by Crippen LogP contribution is 2.29. The van der Waals surface area contributed by atoms with Gasteiger partial charge in [0.1, 0.15) is 17.3 Å². The Labute approximate surface area is 142 Å². The van der Waals surface area contributed by atoms with Crippen LogP contribution in [0.1, 0.15) is 35.7 Å². The van der Waals surface area contributed by atoms with Gasteiger partial charge in [0.05, 0.1) is 18.8 Å². The molecule has 7 heteroatoms. The van der Waals surface area contributed by atoms with Gasteiger partial charge in [0.25, 0.3) is 5.91 Å². The summed E-state index contributed by atoms with van der Waals surface area (Å²) in [6.07, 6.45) is 1.77. The second-order valence-corrected chi connectivity index (χ2v) is 7.27. The zero-order chi connectivity index (χ0) is 16.7. The number of amides is 1. The van der Waals surface area contributed by atoms with E-state index in [2.05, 4.69) is 34.4 Å². The van der Waals surface area contributed by atoms with Crippen LogP contribution in [0.3, 0.4) is 0 Å². The first-order valence-electron chi connectivity index (χ1n) is 8.89. The lowest BCUT2D eigenvalue weighted by molar-refractivity contribution is 0.0212. The Bertz CT molecular complexity index is 634. The van der Waals surface area contributed by atoms with Gasteiger partial charge in [-0.3, -0.25) is 4.79 Å². The maximum absolute atomic E-state index is 12.3. The summed E-state index contributed by atoms with van der Waals surface area (Å²) in [4.78, 5) is 24.0. The third-order valence-corrected chi connectivity index (χ3v) is 4.90. The monoisotopic (exact) mass is 331 g/mol. The molecule has 0 aliphatic carbocycles. The third-order valence-electron chi connectivity index (χ3n) is 4.90. The molecule has 2 N–H and O–H groups in total. The number of rotatable bonds is 3. The summed E-state index contributed by atoms with van der Waals surface area (Å²) in [6, 6.07) is 0.343. The van der Waals surface area contributed by atoms with Crippen molar-refractivity contribution in [1.29, 1.82) is 0 Å². The average Bonchev–Trinajstić information content (AvgIpc) is 2.98. The van der Waals surface area contributed by atoms with Crippen LogP contribution >= 0.6 is 0 Å². The van der Waals surface area contributed by atoms with Crippen molar-refractivity contribution in [3.63, 3.8) is 0 Å². The molecule has 1 aromatic heterocycles. The topological polar surface area (TPSA) is 79.4 Å². The number of aromatic nitrogens is 2. The molecule has 0 radical (unpaired) electrons. The predicted molar refractivity (Wildman–Crippen MR) is 90.4 cm³/mol. The predicted octanol–water partition coefficient (Wildman–Crippen LogP) is 0.138. The van der Waals surface area contributed by atoms with Crippen LogP contribution in [-0.4, -0.2) is 60.8 Å². The largest absolute Gasteiger partial charge is 0.373 e. The summed E-state index contributed by atoms with van der Waals surface area (Å²) in [5.74, 6) is 2.08. The fraction of sp³-hybridized carbons (Fsp3) is 0.706. The Hall–Kier alpha value is -1.73. The van der Waals surface area contributed by atoms with Gasteiger partial charge in [-0.1, -0.05) is 13.8 Å². The Balaban J connectivity index is 1.70. The molecule has 0 unspecified atom stereocenters. The standard InChI is InChI=1S/C17H25N5O2/c1-10(2)7-14-20-15-11(3-4-19-17(15)23)16(21-14)22-8-12-13(9-22)24-6-5-18-12/h10,12-13,18H,3-9H2,1-2H3,(H,19,23)/t12-,13-/m0/s1. The third kappa shape index (κ3) is 2.86. The van der Waals surface area contributed by atoms with Gasteiger partial charge in [0, 0.05) is 38.2 Å². The van der Waals surface area contributed by atoms with E-state index >= 15 is 0 Å². The van der Waals surface area contributed by atoms with E-state index in [-0.39, 0.29) is 12.0 Å². The summed E-state index contributed by atoms with van der Waals surface area (Å²) in [7, 11) is 0. The molecule has 24 heavy (non-hydrogen) atoms. The zero-order valence-electron chi connectivity index (χ0n) is 14.3. The van der Waals surface area contributed by atoms with Crippen LogP contribution in [0.25, 0.3) is 0 Å². The van der Waals surface area contributed by atoms with Crippen molar-refractivity contribution in [2.45, 2.75) is 38.8 Å². The lowest BCUT2D eigenvalue weighted by Crippen LogP contribution is -2.47. The second-order valence-electron chi connectivity index (χ2n) is 7.27. The number of hydrogen-bond acceptors (Lipinski definition) is 6. The van der Waals surface area contributed by atoms with Crippen LogP contribution in [-0.2, 0) is 17.6 Å². The number of anilines is 1. The lowest BCUT2D eigenvalue weighted by Gasteiger charge is -2.25. The Morgan fingerprint density at radius 3 is 2.96 bits per heavy atom. The SMILES string of the molecule is CC(C)Cc1nc2c(c(N3C[C@@H]4NCCO[C@H]4C3)n1)CCNC2=O. The van der Waals surface area contributed by atoms with Crippen molar-refractivity contribution in [1.82, 2.24) is 20.6 Å². The maximum atomic E-state index is 12.3. The Kier molecular flexibility index (Phi) is 4.14. The van der Waals surface area contributed by atoms with Gasteiger partial charge >= 0.3 is 0 Å². The molecule has 4 heterocycles. The van der Waals surface area contributed by atoms with Crippen LogP contribution in [0.2, 0.25) is 0 Å². The number of carbonyl (C=O) groups is 1. The van der Waals surface area contributed by atoms with Gasteiger partial charge < -0.3 is 20.3 Å². The number of hydrogen-bond donors (Lipinski definition) is 2. The van der Waals surface area contributed by atoms with Crippen molar-refractivity contribution in [3.05, 3.63) is 17.1 Å². The van der Waals surface area contributed by atoms with E-state index in [1.807, 2.05) is 0 Å². The fourth-order valence-corrected chi connectivity index (χ4v) is 3.80. The number of ether oxygens (including phenoxy) is 1. The summed E-state index contributed by atoms with van der Waals surface area (Å²) < 4.78 is 5.89. The molecule has 3 aliphatic heterocycles. The molecule has 7 nitrogen and oxygen atoms in total. The molecular formula is C17H25N5O2. The van der Waals surface area contributed by atoms with Crippen molar-refractivity contribution >= 4 is 11.7 Å². The van der Waals surface area contributed by atoms with E-state index in [0.29, 0.717) is 24.2 Å². The highest BCUT2D eigenvalue weighted by Gasteiger charge is 2.38. The van der Waals surface area contributed by atoms with Gasteiger partial charge in [-0.15, -0.1) is 0 Å². The Morgan fingerprint density at radius 1 is 1.29 bits per heavy atom. The molecule has 1 aromatic rings. The minimum absolute atomic E-state index is 0.0732. The number of nitrogens with zero attached hydrogens (tertiary/aromatic N) is 3. The zero-order valence-corrected chi connectivity index (χ0v) is 14.3. The van der Waals surface area contributed by atoms with Crippen molar-refractivity contribution in [3.8, 4) is 0 Å². The van der Waals surface area contributed by atoms with E-state index in [4.69, 9.17) is 9.72 Å². The van der Waals surface area contributed by atoms with Gasteiger partial charge in [-0.05, 0) is 12.3 Å². The highest BCUT2D eigenvalue weighted by atomic mass is 16.5. The van der Waals surface area contributed by atoms with Crippen LogP contribution in [0, 0.1) is 5.92 Å². The van der Waals surface area contributed by atoms with Crippen LogP contribution in [0.4, 0.5) is 5.82 Å². The van der Waals surface area contributed by atoms with E-state index in [0.717, 1.165) is 56.3 Å². The summed E-state index contributed by atoms with van der Waals surface area (Å²) in [5, 5.41) is 6.43. The molecule has 1 amide bonds. The van der Waals surface area contributed by atoms with Gasteiger partial charge in [-0.2, -0.15) is 0 Å². The van der Waals surface area contributed by atoms with E-state index in [9.17, 15) is 4.79 Å². The van der Waals surface area contributed by atoms with E-state index < -0.39 is 0 Å². The minimum atomic E-state index is -0.0732. The normalized spacial score (nSPS) is 26.3. The molecule has 0 aromatic carbocycles. The summed E-state index contributed by atoms with van der Waals surface area (Å²) in [6.45, 7) is 8.30. The lowest BCUT2D eigenvalue weighted by atomic mass is 10.0. The smallest absolute Gasteiger partial charge is 0.270 e. The molecule has 130 valence electrons. The van der Waals surface area contributed by atoms with Crippen LogP contribution in [0.15, 0.2) is 0 Å². The number of fused-ring (bicyclic) bond motifs is 2. The second kappa shape index (κ2) is 6.29. The molecule has 2 saturated heterocycles. The van der Waals surface area contributed by atoms with Crippen LogP contribution < -0.4 is 15.5 Å². The number of carbonyl (C=O) groups excluding carboxylic acids is 1. The maximum Gasteiger partial charge on any atom is 0.270 e. The van der Waals surface area contributed by atoms with Gasteiger partial charge in [0.2, 0.25) is 0 Å². The Morgan fingerprint density at radius 2 is 2.17 bits per heavy atom. The quantitative estimate of drug-likeness (QED) is 0.820. The van der Waals surface area contributed by atoms with Crippen molar-refractivity contribution in [2.75, 3.05) is 37.7 Å². The van der Waals surface area contributed by atoms with Crippen LogP contribution in [0.5, 0.6) is 0 Å². The average molecular weight is 331 g/mol. The first kappa shape index (κ1) is 15.8.